The highest BCUT2D eigenvalue weighted by atomic mass is 79.9. The van der Waals surface area contributed by atoms with E-state index in [1.165, 1.54) is 109 Å². The molecule has 0 saturated heterocycles. The second kappa shape index (κ2) is 22.8. The Morgan fingerprint density at radius 1 is 0.439 bits per heavy atom. The number of fused-ring (bicyclic) bond motifs is 6. The van der Waals surface area contributed by atoms with Gasteiger partial charge < -0.3 is 0 Å². The average molecular weight is 1080 g/mol. The molecule has 66 heavy (non-hydrogen) atoms. The molecule has 0 aliphatic carbocycles. The Morgan fingerprint density at radius 3 is 1.08 bits per heavy atom. The molecule has 4 unspecified atom stereocenters. The van der Waals surface area contributed by atoms with Crippen LogP contribution >= 0.6 is 61.3 Å². The van der Waals surface area contributed by atoms with Crippen LogP contribution in [0.4, 0.5) is 17.6 Å². The van der Waals surface area contributed by atoms with Crippen molar-refractivity contribution < 1.29 is 17.6 Å². The lowest BCUT2D eigenvalue weighted by Crippen LogP contribution is -2.56. The van der Waals surface area contributed by atoms with Crippen LogP contribution in [0.1, 0.15) is 163 Å². The topological polar surface area (TPSA) is 0 Å². The standard InChI is InChI=1S/C55H75BrF4S4Si2/c1-10-18-22-35(14-5)30-65(31-36(15-6)23-19-11-2)41-26-34(9)61-52(41)53-42(65)27-39(62-53)46-48(57)50(59)47(51(60)49(46)58)40-28-43-54(63-40)55-44(29-45(56)64-55)66(43,32-37(16-7)24-20-12-3)33-38(17-8)25-21-13-4/h26-29,35-38H,10-25,30-33H2,1-9H3. The first kappa shape index (κ1) is 52.5. The van der Waals surface area contributed by atoms with Gasteiger partial charge in [0.25, 0.3) is 0 Å². The van der Waals surface area contributed by atoms with E-state index in [-0.39, 0.29) is 0 Å². The summed E-state index contributed by atoms with van der Waals surface area (Å²) < 4.78 is 69.7. The molecule has 0 radical (unpaired) electrons. The van der Waals surface area contributed by atoms with E-state index in [4.69, 9.17) is 0 Å². The molecule has 11 heteroatoms. The van der Waals surface area contributed by atoms with Crippen molar-refractivity contribution in [2.45, 2.75) is 189 Å². The molecule has 0 nitrogen and oxygen atoms in total. The van der Waals surface area contributed by atoms with Crippen LogP contribution in [-0.4, -0.2) is 16.1 Å². The van der Waals surface area contributed by atoms with Gasteiger partial charge in [0.05, 0.1) is 14.9 Å². The smallest absolute Gasteiger partial charge is 0.171 e. The molecule has 2 aliphatic heterocycles. The molecule has 4 atom stereocenters. The van der Waals surface area contributed by atoms with Crippen molar-refractivity contribution in [1.29, 1.82) is 0 Å². The Kier molecular flexibility index (Phi) is 18.1. The summed E-state index contributed by atoms with van der Waals surface area (Å²) in [6.45, 7) is 20.5. The zero-order chi connectivity index (χ0) is 47.5. The lowest BCUT2D eigenvalue weighted by Gasteiger charge is -2.35. The van der Waals surface area contributed by atoms with E-state index in [9.17, 15) is 0 Å². The summed E-state index contributed by atoms with van der Waals surface area (Å²) in [6.07, 6.45) is 18.4. The van der Waals surface area contributed by atoms with Gasteiger partial charge in [0, 0.05) is 34.1 Å². The number of benzene rings is 1. The Balaban J connectivity index is 1.37. The number of halogens is 5. The van der Waals surface area contributed by atoms with Crippen molar-refractivity contribution in [2.24, 2.45) is 23.7 Å². The highest BCUT2D eigenvalue weighted by Crippen LogP contribution is 2.52. The normalized spacial score (nSPS) is 19.2. The highest BCUT2D eigenvalue weighted by molar-refractivity contribution is 9.11. The summed E-state index contributed by atoms with van der Waals surface area (Å²) in [7, 11) is -4.94. The summed E-state index contributed by atoms with van der Waals surface area (Å²) in [4.78, 5) is 6.47. The van der Waals surface area contributed by atoms with Gasteiger partial charge in [0.15, 0.2) is 23.3 Å². The van der Waals surface area contributed by atoms with Crippen molar-refractivity contribution in [3.8, 4) is 40.4 Å². The molecule has 7 rings (SSSR count). The SMILES string of the molecule is CCCCC(CC)C[Si]1(CC(CC)CCCC)c2cc(C)sc2-c2sc(-c3c(F)c(F)c(-c4cc5c(s4)-c4sc(Br)cc4[Si]5(CC(CC)CCCC)CC(CC)CCCC)c(F)c3F)cc21. The van der Waals surface area contributed by atoms with Crippen molar-refractivity contribution in [1.82, 2.24) is 0 Å². The molecule has 4 aromatic heterocycles. The first-order valence-corrected chi connectivity index (χ1v) is 34.7. The minimum atomic E-state index is -2.48. The highest BCUT2D eigenvalue weighted by Gasteiger charge is 2.52. The number of hydrogen-bond donors (Lipinski definition) is 0. The third-order valence-electron chi connectivity index (χ3n) is 16.0. The number of thiophene rings is 4. The van der Waals surface area contributed by atoms with Crippen LogP contribution in [0.15, 0.2) is 28.1 Å². The van der Waals surface area contributed by atoms with Crippen LogP contribution in [0.2, 0.25) is 24.2 Å². The first-order valence-electron chi connectivity index (χ1n) is 25.9. The van der Waals surface area contributed by atoms with Gasteiger partial charge in [-0.2, -0.15) is 0 Å². The summed E-state index contributed by atoms with van der Waals surface area (Å²) in [5.41, 5.74) is -1.08. The van der Waals surface area contributed by atoms with Gasteiger partial charge in [-0.3, -0.25) is 0 Å². The maximum atomic E-state index is 17.2. The Labute approximate surface area is 422 Å². The van der Waals surface area contributed by atoms with Gasteiger partial charge in [-0.25, -0.2) is 17.6 Å². The zero-order valence-corrected chi connectivity index (χ0v) is 48.1. The molecular weight excluding hydrogens is 1000 g/mol. The van der Waals surface area contributed by atoms with E-state index in [1.54, 1.807) is 22.7 Å². The number of hydrogen-bond acceptors (Lipinski definition) is 4. The Bertz CT molecular complexity index is 2190. The minimum Gasteiger partial charge on any atom is -0.203 e. The zero-order valence-electron chi connectivity index (χ0n) is 41.3. The number of rotatable bonds is 26. The molecule has 5 aromatic rings. The summed E-state index contributed by atoms with van der Waals surface area (Å²) in [6, 6.07) is 13.2. The van der Waals surface area contributed by atoms with Gasteiger partial charge >= 0.3 is 0 Å². The van der Waals surface area contributed by atoms with Crippen molar-refractivity contribution in [2.75, 3.05) is 0 Å². The van der Waals surface area contributed by atoms with Crippen LogP contribution in [0, 0.1) is 53.9 Å². The van der Waals surface area contributed by atoms with Crippen molar-refractivity contribution in [3.63, 3.8) is 0 Å². The molecular formula is C55H75BrF4S4Si2. The third-order valence-corrected chi connectivity index (χ3v) is 32.8. The number of aryl methyl sites for hydroxylation is 1. The average Bonchev–Trinajstić information content (AvgIpc) is 4.17. The maximum absolute atomic E-state index is 17.2. The molecule has 0 fully saturated rings. The van der Waals surface area contributed by atoms with Gasteiger partial charge in [0.1, 0.15) is 16.1 Å². The van der Waals surface area contributed by atoms with E-state index < -0.39 is 50.5 Å². The summed E-state index contributed by atoms with van der Waals surface area (Å²) in [5, 5.41) is 5.43. The van der Waals surface area contributed by atoms with Crippen LogP contribution in [0.25, 0.3) is 40.4 Å². The molecule has 0 spiro atoms. The van der Waals surface area contributed by atoms with E-state index in [0.29, 0.717) is 33.4 Å². The summed E-state index contributed by atoms with van der Waals surface area (Å²) in [5.74, 6) is -2.88. The fraction of sp³-hybridized carbons (Fsp3) is 0.600. The Morgan fingerprint density at radius 2 is 0.742 bits per heavy atom. The third kappa shape index (κ3) is 9.96. The second-order valence-corrected chi connectivity index (χ2v) is 34.2. The Hall–Kier alpha value is -1.35. The molecule has 362 valence electrons. The lowest BCUT2D eigenvalue weighted by atomic mass is 10.0. The second-order valence-electron chi connectivity index (χ2n) is 20.3. The monoisotopic (exact) mass is 1070 g/mol. The molecule has 0 N–H and O–H groups in total. The maximum Gasteiger partial charge on any atom is 0.171 e. The molecule has 6 heterocycles. The van der Waals surface area contributed by atoms with Gasteiger partial charge in [-0.15, -0.1) is 45.3 Å². The predicted octanol–water partition coefficient (Wildman–Crippen LogP) is 18.8. The van der Waals surface area contributed by atoms with Crippen molar-refractivity contribution in [3.05, 3.63) is 56.2 Å². The first-order chi connectivity index (χ1) is 31.8. The van der Waals surface area contributed by atoms with E-state index in [0.717, 1.165) is 89.1 Å². The predicted molar refractivity (Wildman–Crippen MR) is 294 cm³/mol. The van der Waals surface area contributed by atoms with Gasteiger partial charge in [-0.1, -0.05) is 158 Å². The van der Waals surface area contributed by atoms with Crippen LogP contribution in [-0.2, 0) is 0 Å². The molecule has 0 saturated carbocycles. The lowest BCUT2D eigenvalue weighted by molar-refractivity contribution is 0.463. The fourth-order valence-electron chi connectivity index (χ4n) is 12.1. The quantitative estimate of drug-likeness (QED) is 0.0294. The van der Waals surface area contributed by atoms with Gasteiger partial charge in [-0.05, 0) is 116 Å². The van der Waals surface area contributed by atoms with E-state index in [1.807, 2.05) is 12.1 Å². The molecule has 2 aliphatic rings. The molecule has 0 amide bonds. The van der Waals surface area contributed by atoms with Gasteiger partial charge in [0.2, 0.25) is 0 Å². The van der Waals surface area contributed by atoms with Crippen LogP contribution < -0.4 is 20.7 Å². The number of unbranched alkanes of at least 4 members (excludes halogenated alkanes) is 4. The molecule has 1 aromatic carbocycles. The largest absolute Gasteiger partial charge is 0.203 e. The molecule has 0 bridgehead atoms. The van der Waals surface area contributed by atoms with Crippen molar-refractivity contribution >= 4 is 98.2 Å². The van der Waals surface area contributed by atoms with E-state index >= 15 is 17.6 Å². The fourth-order valence-corrected chi connectivity index (χ4v) is 33.6. The van der Waals surface area contributed by atoms with Crippen LogP contribution in [0.3, 0.4) is 0 Å². The van der Waals surface area contributed by atoms with E-state index in [2.05, 4.69) is 90.4 Å². The van der Waals surface area contributed by atoms with Crippen LogP contribution in [0.5, 0.6) is 0 Å². The summed E-state index contributed by atoms with van der Waals surface area (Å²) >= 11 is 10.1. The minimum absolute atomic E-state index is 0.309.